The quantitative estimate of drug-likeness (QED) is 0.372. The van der Waals surface area contributed by atoms with Gasteiger partial charge in [-0.25, -0.2) is 0 Å². The van der Waals surface area contributed by atoms with Gasteiger partial charge in [-0.1, -0.05) is 20.3 Å². The Bertz CT molecular complexity index is 266. The van der Waals surface area contributed by atoms with Gasteiger partial charge in [-0.2, -0.15) is 0 Å². The molecule has 0 saturated heterocycles. The Kier molecular flexibility index (Phi) is 5.72. The minimum absolute atomic E-state index is 0.0104. The molecule has 2 unspecified atom stereocenters. The first-order chi connectivity index (χ1) is 7.50. The van der Waals surface area contributed by atoms with Gasteiger partial charge in [-0.3, -0.25) is 9.59 Å². The Balaban J connectivity index is 2.46. The van der Waals surface area contributed by atoms with Crippen molar-refractivity contribution in [3.05, 3.63) is 0 Å². The van der Waals surface area contributed by atoms with E-state index in [0.717, 1.165) is 32.1 Å². The molecule has 1 N–H and O–H groups in total. The van der Waals surface area contributed by atoms with E-state index in [4.69, 9.17) is 0 Å². The van der Waals surface area contributed by atoms with Crippen LogP contribution in [0.1, 0.15) is 46.0 Å². The van der Waals surface area contributed by atoms with Crippen molar-refractivity contribution < 1.29 is 9.59 Å². The zero-order valence-corrected chi connectivity index (χ0v) is 12.1. The number of hydrogen-bond donors (Lipinski definition) is 1. The van der Waals surface area contributed by atoms with E-state index < -0.39 is 0 Å². The van der Waals surface area contributed by atoms with Crippen molar-refractivity contribution in [2.24, 2.45) is 11.8 Å². The van der Waals surface area contributed by atoms with Crippen molar-refractivity contribution >= 4 is 32.3 Å². The van der Waals surface area contributed by atoms with Gasteiger partial charge in [0.15, 0.2) is 0 Å². The van der Waals surface area contributed by atoms with E-state index in [1.165, 1.54) is 0 Å². The fourth-order valence-corrected chi connectivity index (χ4v) is 2.80. The summed E-state index contributed by atoms with van der Waals surface area (Å²) in [5.41, 5.74) is 0. The molecule has 1 fully saturated rings. The molecule has 1 aliphatic carbocycles. The first-order valence-electron chi connectivity index (χ1n) is 6.00. The highest BCUT2D eigenvalue weighted by molar-refractivity contribution is 14.1. The molecular weight excluding hydrogens is 317 g/mol. The summed E-state index contributed by atoms with van der Waals surface area (Å²) in [5.74, 6) is 0.748. The van der Waals surface area contributed by atoms with E-state index >= 15 is 0 Å². The third-order valence-corrected chi connectivity index (χ3v) is 3.57. The van der Waals surface area contributed by atoms with Crippen LogP contribution in [0.2, 0.25) is 0 Å². The molecule has 4 heteroatoms. The van der Waals surface area contributed by atoms with Crippen LogP contribution in [0.5, 0.6) is 0 Å². The fourth-order valence-electron chi connectivity index (χ4n) is 2.36. The Labute approximate surface area is 111 Å². The fraction of sp³-hybridized carbons (Fsp3) is 0.833. The van der Waals surface area contributed by atoms with Crippen molar-refractivity contribution in [2.75, 3.05) is 0 Å². The molecule has 1 rings (SSSR count). The summed E-state index contributed by atoms with van der Waals surface area (Å²) in [7, 11) is 0. The van der Waals surface area contributed by atoms with Gasteiger partial charge < -0.3 is 5.32 Å². The van der Waals surface area contributed by atoms with Gasteiger partial charge in [0.05, 0.1) is 0 Å². The highest BCUT2D eigenvalue weighted by Crippen LogP contribution is 2.26. The van der Waals surface area contributed by atoms with Gasteiger partial charge >= 0.3 is 0 Å². The molecule has 0 aromatic heterocycles. The maximum Gasteiger partial charge on any atom is 0.280 e. The second-order valence-electron chi connectivity index (χ2n) is 4.88. The zero-order chi connectivity index (χ0) is 12.1. The first kappa shape index (κ1) is 13.9. The summed E-state index contributed by atoms with van der Waals surface area (Å²) in [6.45, 7) is 3.94. The predicted octanol–water partition coefficient (Wildman–Crippen LogP) is 3.31. The largest absolute Gasteiger partial charge is 0.345 e. The van der Waals surface area contributed by atoms with Crippen molar-refractivity contribution in [1.29, 1.82) is 0 Å². The van der Waals surface area contributed by atoms with Crippen LogP contribution >= 0.6 is 22.6 Å². The molecule has 3 nitrogen and oxygen atoms in total. The minimum Gasteiger partial charge on any atom is -0.345 e. The topological polar surface area (TPSA) is 46.2 Å². The number of nitrogens with one attached hydrogen (secondary N) is 1. The van der Waals surface area contributed by atoms with Crippen LogP contribution in [0.3, 0.4) is 0 Å². The molecule has 0 aliphatic heterocycles. The van der Waals surface area contributed by atoms with Crippen LogP contribution in [0.15, 0.2) is 0 Å². The van der Waals surface area contributed by atoms with Gasteiger partial charge in [-0.15, -0.1) is 0 Å². The van der Waals surface area contributed by atoms with E-state index in [0.29, 0.717) is 5.78 Å². The second-order valence-corrected chi connectivity index (χ2v) is 5.86. The molecule has 2 atom stereocenters. The van der Waals surface area contributed by atoms with Crippen LogP contribution in [0.4, 0.5) is 4.79 Å². The molecule has 1 amide bonds. The van der Waals surface area contributed by atoms with E-state index in [1.807, 2.05) is 13.8 Å². The number of rotatable bonds is 3. The number of carbonyl (C=O) groups is 2. The van der Waals surface area contributed by atoms with Gasteiger partial charge in [0.25, 0.3) is 3.91 Å². The molecule has 0 radical (unpaired) electrons. The van der Waals surface area contributed by atoms with E-state index in [1.54, 1.807) is 22.6 Å². The summed E-state index contributed by atoms with van der Waals surface area (Å²) in [6.07, 6.45) is 4.92. The Hall–Kier alpha value is -0.130. The summed E-state index contributed by atoms with van der Waals surface area (Å²) in [4.78, 5) is 22.8. The number of amides is 1. The summed E-state index contributed by atoms with van der Waals surface area (Å²) in [5, 5.41) is 2.95. The summed E-state index contributed by atoms with van der Waals surface area (Å²) >= 11 is 1.77. The van der Waals surface area contributed by atoms with Gasteiger partial charge in [0.2, 0.25) is 0 Å². The smallest absolute Gasteiger partial charge is 0.280 e. The predicted molar refractivity (Wildman–Crippen MR) is 72.8 cm³/mol. The van der Waals surface area contributed by atoms with Crippen LogP contribution in [0.25, 0.3) is 0 Å². The van der Waals surface area contributed by atoms with Crippen LogP contribution in [0, 0.1) is 11.8 Å². The number of carbonyl (C=O) groups excluding carboxylic acids is 2. The molecule has 1 aliphatic rings. The summed E-state index contributed by atoms with van der Waals surface area (Å²) < 4.78 is 0.0104. The average Bonchev–Trinajstić information content (AvgIpc) is 2.41. The molecule has 92 valence electrons. The lowest BCUT2D eigenvalue weighted by Gasteiger charge is -2.16. The standard InChI is InChI=1S/C12H20INO2/c1-8(2)11(15)9-4-3-5-10(7-6-9)14-12(13)16/h8-10H,3-7H2,1-2H3,(H,14,16). The molecule has 1 saturated carbocycles. The molecule has 0 bridgehead atoms. The highest BCUT2D eigenvalue weighted by atomic mass is 127. The Morgan fingerprint density at radius 1 is 1.19 bits per heavy atom. The lowest BCUT2D eigenvalue weighted by Crippen LogP contribution is -2.30. The maximum atomic E-state index is 11.9. The lowest BCUT2D eigenvalue weighted by atomic mass is 9.89. The van der Waals surface area contributed by atoms with Gasteiger partial charge in [0.1, 0.15) is 5.78 Å². The SMILES string of the molecule is CC(C)C(=O)C1CCCC(NC(=O)I)CC1. The Morgan fingerprint density at radius 3 is 2.44 bits per heavy atom. The molecule has 0 heterocycles. The third kappa shape index (κ3) is 4.39. The van der Waals surface area contributed by atoms with Crippen molar-refractivity contribution in [3.8, 4) is 0 Å². The summed E-state index contributed by atoms with van der Waals surface area (Å²) in [6, 6.07) is 0.273. The maximum absolute atomic E-state index is 11.9. The molecule has 16 heavy (non-hydrogen) atoms. The second kappa shape index (κ2) is 6.57. The van der Waals surface area contributed by atoms with Crippen LogP contribution in [-0.2, 0) is 4.79 Å². The number of hydrogen-bond acceptors (Lipinski definition) is 2. The van der Waals surface area contributed by atoms with Crippen molar-refractivity contribution in [3.63, 3.8) is 0 Å². The van der Waals surface area contributed by atoms with E-state index in [9.17, 15) is 9.59 Å². The van der Waals surface area contributed by atoms with Crippen molar-refractivity contribution in [2.45, 2.75) is 52.0 Å². The van der Waals surface area contributed by atoms with Gasteiger partial charge in [-0.05, 0) is 25.7 Å². The van der Waals surface area contributed by atoms with Crippen LogP contribution in [-0.4, -0.2) is 15.7 Å². The zero-order valence-electron chi connectivity index (χ0n) is 9.96. The Morgan fingerprint density at radius 2 is 1.88 bits per heavy atom. The lowest BCUT2D eigenvalue weighted by molar-refractivity contribution is -0.126. The van der Waals surface area contributed by atoms with E-state index in [-0.39, 0.29) is 21.8 Å². The van der Waals surface area contributed by atoms with Crippen LogP contribution < -0.4 is 5.32 Å². The molecule has 0 aromatic rings. The molecular formula is C12H20INO2. The monoisotopic (exact) mass is 337 g/mol. The molecule has 0 aromatic carbocycles. The average molecular weight is 337 g/mol. The van der Waals surface area contributed by atoms with Crippen molar-refractivity contribution in [1.82, 2.24) is 5.32 Å². The highest BCUT2D eigenvalue weighted by Gasteiger charge is 2.25. The number of halogens is 1. The normalized spacial score (nSPS) is 26.2. The minimum atomic E-state index is 0.0104. The van der Waals surface area contributed by atoms with E-state index in [2.05, 4.69) is 5.32 Å². The van der Waals surface area contributed by atoms with Gasteiger partial charge in [0, 0.05) is 40.5 Å². The number of ketones is 1. The third-order valence-electron chi connectivity index (χ3n) is 3.26. The first-order valence-corrected chi connectivity index (χ1v) is 7.08. The number of Topliss-reactive ketones (excluding diaryl/α,β-unsaturated/α-hetero) is 1. The molecule has 0 spiro atoms.